The average Bonchev–Trinajstić information content (AvgIpc) is 2.37. The predicted molar refractivity (Wildman–Crippen MR) is 77.4 cm³/mol. The Bertz CT molecular complexity index is 434. The number of hydrogen-bond acceptors (Lipinski definition) is 3. The highest BCUT2D eigenvalue weighted by atomic mass is 16.5. The van der Waals surface area contributed by atoms with Gasteiger partial charge in [0.15, 0.2) is 0 Å². The van der Waals surface area contributed by atoms with Gasteiger partial charge in [-0.1, -0.05) is 26.0 Å². The number of benzene rings is 1. The van der Waals surface area contributed by atoms with E-state index in [1.165, 1.54) is 26.4 Å². The Hall–Kier alpha value is -1.51. The maximum absolute atomic E-state index is 11.7. The van der Waals surface area contributed by atoms with E-state index in [0.29, 0.717) is 11.6 Å². The molecule has 104 valence electrons. The van der Waals surface area contributed by atoms with Gasteiger partial charge < -0.3 is 10.1 Å². The van der Waals surface area contributed by atoms with Crippen LogP contribution in [0.2, 0.25) is 0 Å². The van der Waals surface area contributed by atoms with Crippen molar-refractivity contribution in [1.29, 1.82) is 0 Å². The molecule has 0 aromatic heterocycles. The number of nitrogens with one attached hydrogen (secondary N) is 1. The zero-order chi connectivity index (χ0) is 13.8. The van der Waals surface area contributed by atoms with Crippen molar-refractivity contribution in [2.24, 2.45) is 11.8 Å². The van der Waals surface area contributed by atoms with Crippen LogP contribution in [-0.2, 0) is 4.74 Å². The molecule has 1 N–H and O–H groups in total. The second-order valence-electron chi connectivity index (χ2n) is 5.80. The van der Waals surface area contributed by atoms with Crippen LogP contribution in [0.25, 0.3) is 0 Å². The Morgan fingerprint density at radius 1 is 1.16 bits per heavy atom. The minimum Gasteiger partial charge on any atom is -0.465 e. The molecule has 1 aliphatic rings. The summed E-state index contributed by atoms with van der Waals surface area (Å²) in [4.78, 5) is 11.7. The number of hydrogen-bond donors (Lipinski definition) is 1. The summed E-state index contributed by atoms with van der Waals surface area (Å²) in [7, 11) is 1.42. The van der Waals surface area contributed by atoms with Gasteiger partial charge in [0.05, 0.1) is 12.7 Å². The summed E-state index contributed by atoms with van der Waals surface area (Å²) in [6.45, 7) is 4.60. The lowest BCUT2D eigenvalue weighted by Gasteiger charge is -2.33. The van der Waals surface area contributed by atoms with Gasteiger partial charge in [-0.3, -0.25) is 0 Å². The molecule has 0 radical (unpaired) electrons. The Morgan fingerprint density at radius 2 is 1.79 bits per heavy atom. The maximum Gasteiger partial charge on any atom is 0.339 e. The molecule has 3 nitrogen and oxygen atoms in total. The van der Waals surface area contributed by atoms with E-state index in [0.717, 1.165) is 17.5 Å². The van der Waals surface area contributed by atoms with E-state index < -0.39 is 0 Å². The van der Waals surface area contributed by atoms with Gasteiger partial charge in [-0.2, -0.15) is 0 Å². The molecule has 1 aromatic rings. The number of carbonyl (C=O) groups is 1. The second kappa shape index (κ2) is 6.09. The fourth-order valence-corrected chi connectivity index (χ4v) is 3.18. The van der Waals surface area contributed by atoms with Crippen molar-refractivity contribution in [3.8, 4) is 0 Å². The number of ether oxygens (including phenoxy) is 1. The quantitative estimate of drug-likeness (QED) is 0.843. The summed E-state index contributed by atoms with van der Waals surface area (Å²) in [5, 5.41) is 3.52. The van der Waals surface area contributed by atoms with Gasteiger partial charge in [-0.15, -0.1) is 0 Å². The predicted octanol–water partition coefficient (Wildman–Crippen LogP) is 3.71. The van der Waals surface area contributed by atoms with Crippen LogP contribution in [-0.4, -0.2) is 19.1 Å². The third kappa shape index (κ3) is 3.49. The molecular weight excluding hydrogens is 238 g/mol. The topological polar surface area (TPSA) is 38.3 Å². The first-order chi connectivity index (χ1) is 9.10. The first-order valence-corrected chi connectivity index (χ1v) is 7.04. The molecule has 0 bridgehead atoms. The first kappa shape index (κ1) is 13.9. The highest BCUT2D eigenvalue weighted by Crippen LogP contribution is 2.31. The molecule has 0 saturated heterocycles. The van der Waals surface area contributed by atoms with E-state index in [4.69, 9.17) is 4.74 Å². The van der Waals surface area contributed by atoms with Gasteiger partial charge in [-0.25, -0.2) is 4.79 Å². The number of para-hydroxylation sites is 1. The van der Waals surface area contributed by atoms with Crippen LogP contribution in [0, 0.1) is 11.8 Å². The molecule has 2 unspecified atom stereocenters. The van der Waals surface area contributed by atoms with Crippen LogP contribution in [0.4, 0.5) is 5.69 Å². The fourth-order valence-electron chi connectivity index (χ4n) is 3.18. The molecule has 0 aliphatic heterocycles. The SMILES string of the molecule is COC(=O)c1ccccc1NC1CC(C)CC(C)C1. The molecular formula is C16H23NO2. The number of esters is 1. The van der Waals surface area contributed by atoms with Crippen molar-refractivity contribution in [2.45, 2.75) is 39.2 Å². The molecule has 3 heteroatoms. The summed E-state index contributed by atoms with van der Waals surface area (Å²) in [6.07, 6.45) is 3.64. The summed E-state index contributed by atoms with van der Waals surface area (Å²) in [6, 6.07) is 8.03. The van der Waals surface area contributed by atoms with Gasteiger partial charge in [0.2, 0.25) is 0 Å². The van der Waals surface area contributed by atoms with E-state index >= 15 is 0 Å². The van der Waals surface area contributed by atoms with Crippen LogP contribution in [0.1, 0.15) is 43.5 Å². The Kier molecular flexibility index (Phi) is 4.46. The Morgan fingerprint density at radius 3 is 2.42 bits per heavy atom. The Balaban J connectivity index is 2.12. The van der Waals surface area contributed by atoms with Gasteiger partial charge in [0, 0.05) is 11.7 Å². The fraction of sp³-hybridized carbons (Fsp3) is 0.562. The molecule has 0 amide bonds. The standard InChI is InChI=1S/C16H23NO2/c1-11-8-12(2)10-13(9-11)17-15-7-5-4-6-14(15)16(18)19-3/h4-7,11-13,17H,8-10H2,1-3H3. The van der Waals surface area contributed by atoms with E-state index in [1.54, 1.807) is 0 Å². The van der Waals surface area contributed by atoms with Crippen molar-refractivity contribution >= 4 is 11.7 Å². The van der Waals surface area contributed by atoms with Gasteiger partial charge in [-0.05, 0) is 43.2 Å². The monoisotopic (exact) mass is 261 g/mol. The molecule has 2 atom stereocenters. The molecule has 1 aromatic carbocycles. The van der Waals surface area contributed by atoms with Crippen LogP contribution in [0.3, 0.4) is 0 Å². The number of carbonyl (C=O) groups excluding carboxylic acids is 1. The molecule has 1 saturated carbocycles. The first-order valence-electron chi connectivity index (χ1n) is 7.04. The molecule has 1 aliphatic carbocycles. The van der Waals surface area contributed by atoms with Crippen molar-refractivity contribution < 1.29 is 9.53 Å². The molecule has 1 fully saturated rings. The van der Waals surface area contributed by atoms with E-state index in [2.05, 4.69) is 19.2 Å². The van der Waals surface area contributed by atoms with Crippen molar-refractivity contribution in [3.63, 3.8) is 0 Å². The summed E-state index contributed by atoms with van der Waals surface area (Å²) >= 11 is 0. The normalized spacial score (nSPS) is 26.8. The second-order valence-corrected chi connectivity index (χ2v) is 5.80. The van der Waals surface area contributed by atoms with Crippen LogP contribution < -0.4 is 5.32 Å². The molecule has 19 heavy (non-hydrogen) atoms. The number of anilines is 1. The number of methoxy groups -OCH3 is 1. The summed E-state index contributed by atoms with van der Waals surface area (Å²) in [5.41, 5.74) is 1.51. The van der Waals surface area contributed by atoms with Gasteiger partial charge in [0.1, 0.15) is 0 Å². The van der Waals surface area contributed by atoms with Gasteiger partial charge >= 0.3 is 5.97 Å². The van der Waals surface area contributed by atoms with Crippen LogP contribution >= 0.6 is 0 Å². The van der Waals surface area contributed by atoms with E-state index in [1.807, 2.05) is 24.3 Å². The third-order valence-electron chi connectivity index (χ3n) is 3.87. The minimum atomic E-state index is -0.278. The van der Waals surface area contributed by atoms with Gasteiger partial charge in [0.25, 0.3) is 0 Å². The van der Waals surface area contributed by atoms with E-state index in [9.17, 15) is 4.79 Å². The molecule has 0 heterocycles. The Labute approximate surface area is 115 Å². The lowest BCUT2D eigenvalue weighted by atomic mass is 9.80. The molecule has 2 rings (SSSR count). The maximum atomic E-state index is 11.7. The largest absolute Gasteiger partial charge is 0.465 e. The minimum absolute atomic E-state index is 0.278. The number of rotatable bonds is 3. The van der Waals surface area contributed by atoms with Crippen molar-refractivity contribution in [3.05, 3.63) is 29.8 Å². The summed E-state index contributed by atoms with van der Waals surface area (Å²) < 4.78 is 4.83. The lowest BCUT2D eigenvalue weighted by Crippen LogP contribution is -2.30. The average molecular weight is 261 g/mol. The summed E-state index contributed by atoms with van der Waals surface area (Å²) in [5.74, 6) is 1.21. The molecule has 0 spiro atoms. The van der Waals surface area contributed by atoms with E-state index in [-0.39, 0.29) is 5.97 Å². The highest BCUT2D eigenvalue weighted by Gasteiger charge is 2.24. The van der Waals surface area contributed by atoms with Crippen molar-refractivity contribution in [2.75, 3.05) is 12.4 Å². The van der Waals surface area contributed by atoms with Crippen LogP contribution in [0.5, 0.6) is 0 Å². The highest BCUT2D eigenvalue weighted by molar-refractivity contribution is 5.95. The zero-order valence-corrected chi connectivity index (χ0v) is 12.0. The zero-order valence-electron chi connectivity index (χ0n) is 12.0. The third-order valence-corrected chi connectivity index (χ3v) is 3.87. The van der Waals surface area contributed by atoms with Crippen LogP contribution in [0.15, 0.2) is 24.3 Å². The van der Waals surface area contributed by atoms with Crippen molar-refractivity contribution in [1.82, 2.24) is 0 Å². The smallest absolute Gasteiger partial charge is 0.339 e. The lowest BCUT2D eigenvalue weighted by molar-refractivity contribution is 0.0602.